The molecule has 0 bridgehead atoms. The number of pyridine rings is 1. The first-order chi connectivity index (χ1) is 11.6. The summed E-state index contributed by atoms with van der Waals surface area (Å²) < 4.78 is 19.0. The van der Waals surface area contributed by atoms with Gasteiger partial charge in [0.2, 0.25) is 0 Å². The summed E-state index contributed by atoms with van der Waals surface area (Å²) in [6.45, 7) is 2.10. The molecule has 3 aromatic rings. The van der Waals surface area contributed by atoms with Gasteiger partial charge in [0.05, 0.1) is 11.9 Å². The molecule has 0 aliphatic carbocycles. The summed E-state index contributed by atoms with van der Waals surface area (Å²) in [7, 11) is 0. The molecule has 7 heteroatoms. The van der Waals surface area contributed by atoms with Crippen molar-refractivity contribution >= 4 is 39.7 Å². The van der Waals surface area contributed by atoms with Crippen molar-refractivity contribution in [1.82, 2.24) is 4.98 Å². The molecule has 1 unspecified atom stereocenters. The Morgan fingerprint density at radius 2 is 2.38 bits per heavy atom. The smallest absolute Gasteiger partial charge is 0.177 e. The molecular weight excluding hydrogens is 349 g/mol. The Bertz CT molecular complexity index is 884. The van der Waals surface area contributed by atoms with Crippen LogP contribution in [0.4, 0.5) is 10.1 Å². The molecule has 0 amide bonds. The summed E-state index contributed by atoms with van der Waals surface area (Å²) in [6.07, 6.45) is -0.322. The highest BCUT2D eigenvalue weighted by Crippen LogP contribution is 2.33. The molecule has 3 rings (SSSR count). The van der Waals surface area contributed by atoms with Crippen LogP contribution in [0.1, 0.15) is 29.5 Å². The number of aromatic nitrogens is 1. The van der Waals surface area contributed by atoms with Gasteiger partial charge in [-0.05, 0) is 24.8 Å². The van der Waals surface area contributed by atoms with E-state index in [1.54, 1.807) is 17.4 Å². The predicted molar refractivity (Wildman–Crippen MR) is 94.3 cm³/mol. The first kappa shape index (κ1) is 16.7. The normalized spacial score (nSPS) is 12.2. The summed E-state index contributed by atoms with van der Waals surface area (Å²) in [5.74, 6) is 0.450. The van der Waals surface area contributed by atoms with Crippen molar-refractivity contribution in [2.24, 2.45) is 0 Å². The van der Waals surface area contributed by atoms with Gasteiger partial charge in [-0.25, -0.2) is 9.37 Å². The van der Waals surface area contributed by atoms with Gasteiger partial charge in [-0.15, -0.1) is 11.3 Å². The van der Waals surface area contributed by atoms with Gasteiger partial charge in [-0.1, -0.05) is 17.7 Å². The maximum Gasteiger partial charge on any atom is 0.177 e. The number of fused-ring (bicyclic) bond motifs is 1. The number of thiophene rings is 1. The van der Waals surface area contributed by atoms with Crippen LogP contribution < -0.4 is 5.32 Å². The van der Waals surface area contributed by atoms with Gasteiger partial charge in [-0.2, -0.15) is 5.26 Å². The van der Waals surface area contributed by atoms with Crippen LogP contribution in [0.25, 0.3) is 11.1 Å². The van der Waals surface area contributed by atoms with E-state index in [0.717, 1.165) is 4.88 Å². The first-order valence-corrected chi connectivity index (χ1v) is 8.76. The summed E-state index contributed by atoms with van der Waals surface area (Å²) in [5, 5.41) is 15.0. The highest BCUT2D eigenvalue weighted by molar-refractivity contribution is 7.09. The molecule has 3 aromatic heterocycles. The van der Waals surface area contributed by atoms with Crippen LogP contribution in [0, 0.1) is 11.3 Å². The number of aryl methyl sites for hydroxylation is 1. The highest BCUT2D eigenvalue weighted by atomic mass is 35.5. The quantitative estimate of drug-likeness (QED) is 0.602. The lowest BCUT2D eigenvalue weighted by Gasteiger charge is -2.05. The molecule has 0 fully saturated rings. The van der Waals surface area contributed by atoms with Gasteiger partial charge in [0, 0.05) is 23.9 Å². The number of nitriles is 1. The maximum absolute atomic E-state index is 13.1. The molecule has 3 heterocycles. The first-order valence-electron chi connectivity index (χ1n) is 7.51. The summed E-state index contributed by atoms with van der Waals surface area (Å²) in [6, 6.07) is 7.78. The minimum absolute atomic E-state index is 0.277. The third-order valence-corrected chi connectivity index (χ3v) is 4.67. The second-order valence-electron chi connectivity index (χ2n) is 5.43. The second-order valence-corrected chi connectivity index (χ2v) is 6.85. The lowest BCUT2D eigenvalue weighted by Crippen LogP contribution is -1.98. The standard InChI is InChI=1S/C17H15ClFN3OS/c1-10(19)4-5-14-12(8-20)16-17(23-14)13(7-15(18)22-16)21-9-11-3-2-6-24-11/h2-3,6-7,10H,4-5,9H2,1H3,(H,21,22). The van der Waals surface area contributed by atoms with Crippen molar-refractivity contribution in [3.63, 3.8) is 0 Å². The zero-order valence-electron chi connectivity index (χ0n) is 13.0. The van der Waals surface area contributed by atoms with Gasteiger partial charge in [-0.3, -0.25) is 0 Å². The Kier molecular flexibility index (Phi) is 5.03. The van der Waals surface area contributed by atoms with Gasteiger partial charge in [0.25, 0.3) is 0 Å². The van der Waals surface area contributed by atoms with Crippen molar-refractivity contribution in [3.8, 4) is 6.07 Å². The van der Waals surface area contributed by atoms with Crippen LogP contribution in [0.15, 0.2) is 28.0 Å². The topological polar surface area (TPSA) is 61.9 Å². The Balaban J connectivity index is 1.98. The van der Waals surface area contributed by atoms with E-state index >= 15 is 0 Å². The van der Waals surface area contributed by atoms with Crippen LogP contribution in [0.2, 0.25) is 5.15 Å². The molecule has 0 aromatic carbocycles. The zero-order chi connectivity index (χ0) is 17.1. The number of hydrogen-bond donors (Lipinski definition) is 1. The van der Waals surface area contributed by atoms with E-state index in [0.29, 0.717) is 47.5 Å². The molecule has 1 atom stereocenters. The molecule has 0 saturated heterocycles. The van der Waals surface area contributed by atoms with E-state index in [4.69, 9.17) is 16.0 Å². The Morgan fingerprint density at radius 1 is 1.54 bits per heavy atom. The van der Waals surface area contributed by atoms with Crippen molar-refractivity contribution in [3.05, 3.63) is 44.9 Å². The van der Waals surface area contributed by atoms with Crippen molar-refractivity contribution in [2.75, 3.05) is 5.32 Å². The van der Waals surface area contributed by atoms with E-state index in [1.807, 2.05) is 17.5 Å². The molecule has 0 aliphatic rings. The molecule has 0 aliphatic heterocycles. The Morgan fingerprint density at radius 3 is 3.04 bits per heavy atom. The molecule has 0 spiro atoms. The molecule has 1 N–H and O–H groups in total. The van der Waals surface area contributed by atoms with Gasteiger partial charge in [0.1, 0.15) is 28.1 Å². The third-order valence-electron chi connectivity index (χ3n) is 3.60. The van der Waals surface area contributed by atoms with E-state index in [2.05, 4.69) is 16.4 Å². The van der Waals surface area contributed by atoms with E-state index in [9.17, 15) is 9.65 Å². The largest absolute Gasteiger partial charge is 0.456 e. The van der Waals surface area contributed by atoms with Gasteiger partial charge < -0.3 is 9.73 Å². The Hall–Kier alpha value is -2.10. The molecule has 0 radical (unpaired) electrons. The monoisotopic (exact) mass is 363 g/mol. The highest BCUT2D eigenvalue weighted by Gasteiger charge is 2.19. The summed E-state index contributed by atoms with van der Waals surface area (Å²) >= 11 is 7.73. The van der Waals surface area contributed by atoms with E-state index < -0.39 is 6.17 Å². The van der Waals surface area contributed by atoms with Crippen LogP contribution in [0.3, 0.4) is 0 Å². The number of rotatable bonds is 6. The number of hydrogen-bond acceptors (Lipinski definition) is 5. The van der Waals surface area contributed by atoms with Crippen LogP contribution >= 0.6 is 22.9 Å². The SMILES string of the molecule is CC(F)CCc1oc2c(NCc3cccs3)cc(Cl)nc2c1C#N. The van der Waals surface area contributed by atoms with Crippen molar-refractivity contribution in [2.45, 2.75) is 32.5 Å². The van der Waals surface area contributed by atoms with Gasteiger partial charge in [0.15, 0.2) is 5.58 Å². The lowest BCUT2D eigenvalue weighted by atomic mass is 10.1. The average Bonchev–Trinajstić information content (AvgIpc) is 3.17. The fraction of sp³-hybridized carbons (Fsp3) is 0.294. The third kappa shape index (κ3) is 3.53. The Labute approximate surface area is 147 Å². The molecule has 124 valence electrons. The molecular formula is C17H15ClFN3OS. The molecule has 0 saturated carbocycles. The van der Waals surface area contributed by atoms with E-state index in [-0.39, 0.29) is 5.15 Å². The summed E-state index contributed by atoms with van der Waals surface area (Å²) in [5.41, 5.74) is 1.90. The molecule has 24 heavy (non-hydrogen) atoms. The van der Waals surface area contributed by atoms with Crippen LogP contribution in [-0.2, 0) is 13.0 Å². The summed E-state index contributed by atoms with van der Waals surface area (Å²) in [4.78, 5) is 5.38. The van der Waals surface area contributed by atoms with E-state index in [1.165, 1.54) is 6.92 Å². The minimum Gasteiger partial charge on any atom is -0.456 e. The second kappa shape index (κ2) is 7.20. The molecule has 4 nitrogen and oxygen atoms in total. The zero-order valence-corrected chi connectivity index (χ0v) is 14.5. The number of nitrogens with zero attached hydrogens (tertiary/aromatic N) is 2. The van der Waals surface area contributed by atoms with Gasteiger partial charge >= 0.3 is 0 Å². The fourth-order valence-electron chi connectivity index (χ4n) is 2.43. The number of furan rings is 1. The number of anilines is 1. The van der Waals surface area contributed by atoms with Crippen LogP contribution in [0.5, 0.6) is 0 Å². The maximum atomic E-state index is 13.1. The lowest BCUT2D eigenvalue weighted by molar-refractivity contribution is 0.333. The number of nitrogens with one attached hydrogen (secondary N) is 1. The number of halogens is 2. The predicted octanol–water partition coefficient (Wildman–Crippen LogP) is 5.32. The van der Waals surface area contributed by atoms with Crippen molar-refractivity contribution < 1.29 is 8.81 Å². The fourth-order valence-corrected chi connectivity index (χ4v) is 3.27. The van der Waals surface area contributed by atoms with Crippen molar-refractivity contribution in [1.29, 1.82) is 5.26 Å². The number of alkyl halides is 1. The van der Waals surface area contributed by atoms with Crippen LogP contribution in [-0.4, -0.2) is 11.2 Å². The minimum atomic E-state index is -0.960. The average molecular weight is 364 g/mol.